The van der Waals surface area contributed by atoms with Crippen molar-refractivity contribution >= 4 is 0 Å². The van der Waals surface area contributed by atoms with Gasteiger partial charge >= 0.3 is 0 Å². The van der Waals surface area contributed by atoms with E-state index in [1.54, 1.807) is 0 Å². The van der Waals surface area contributed by atoms with Crippen LogP contribution in [0.25, 0.3) is 0 Å². The van der Waals surface area contributed by atoms with E-state index >= 15 is 0 Å². The van der Waals surface area contributed by atoms with Gasteiger partial charge in [0.25, 0.3) is 0 Å². The lowest BCUT2D eigenvalue weighted by atomic mass is 9.41. The van der Waals surface area contributed by atoms with Crippen LogP contribution in [-0.2, 0) is 28.4 Å². The van der Waals surface area contributed by atoms with Crippen LogP contribution in [0.1, 0.15) is 86.0 Å². The summed E-state index contributed by atoms with van der Waals surface area (Å²) < 4.78 is 35.4. The zero-order valence-electron chi connectivity index (χ0n) is 32.6. The van der Waals surface area contributed by atoms with Crippen molar-refractivity contribution in [3.8, 4) is 0 Å². The summed E-state index contributed by atoms with van der Waals surface area (Å²) in [5.41, 5.74) is -2.26. The van der Waals surface area contributed by atoms with Gasteiger partial charge in [0.1, 0.15) is 36.6 Å². The third-order valence-electron chi connectivity index (χ3n) is 15.2. The van der Waals surface area contributed by atoms with Crippen molar-refractivity contribution in [2.75, 3.05) is 27.4 Å². The zero-order valence-corrected chi connectivity index (χ0v) is 32.6. The molecule has 6 aliphatic rings. The molecule has 6 fully saturated rings. The predicted molar refractivity (Wildman–Crippen MR) is 189 cm³/mol. The molecule has 14 nitrogen and oxygen atoms in total. The highest BCUT2D eigenvalue weighted by Gasteiger charge is 2.71. The van der Waals surface area contributed by atoms with Crippen LogP contribution >= 0.6 is 0 Å². The molecule has 4 saturated carbocycles. The van der Waals surface area contributed by atoms with Gasteiger partial charge in [0.15, 0.2) is 12.6 Å². The van der Waals surface area contributed by atoms with Gasteiger partial charge in [-0.2, -0.15) is 0 Å². The van der Waals surface area contributed by atoms with Crippen LogP contribution in [0.4, 0.5) is 0 Å². The van der Waals surface area contributed by atoms with E-state index in [9.17, 15) is 40.9 Å². The number of fused-ring (bicyclic) bond motifs is 5. The minimum Gasteiger partial charge on any atom is -0.394 e. The fourth-order valence-electron chi connectivity index (χ4n) is 12.5. The number of ether oxygens (including phenoxy) is 6. The van der Waals surface area contributed by atoms with Crippen molar-refractivity contribution in [3.63, 3.8) is 0 Å². The van der Waals surface area contributed by atoms with E-state index in [1.807, 2.05) is 20.8 Å². The van der Waals surface area contributed by atoms with Crippen LogP contribution in [-0.4, -0.2) is 154 Å². The van der Waals surface area contributed by atoms with Gasteiger partial charge in [0.2, 0.25) is 0 Å². The van der Waals surface area contributed by atoms with E-state index in [4.69, 9.17) is 28.4 Å². The minimum absolute atomic E-state index is 0.0501. The van der Waals surface area contributed by atoms with E-state index in [0.717, 1.165) is 12.8 Å². The normalized spacial score (nSPS) is 52.5. The molecule has 0 amide bonds. The summed E-state index contributed by atoms with van der Waals surface area (Å²) in [6.07, 6.45) is -7.34. The summed E-state index contributed by atoms with van der Waals surface area (Å²) in [5.74, 6) is -0.891. The summed E-state index contributed by atoms with van der Waals surface area (Å²) >= 11 is 0. The van der Waals surface area contributed by atoms with Gasteiger partial charge in [-0.15, -0.1) is 0 Å². The number of aliphatic hydroxyl groups is 8. The van der Waals surface area contributed by atoms with Crippen molar-refractivity contribution in [2.24, 2.45) is 46.3 Å². The molecule has 4 aliphatic carbocycles. The number of methoxy groups -OCH3 is 2. The molecule has 0 aromatic heterocycles. The highest BCUT2D eigenvalue weighted by atomic mass is 16.8. The Labute approximate surface area is 314 Å². The SMILES string of the molecule is CO[C@H]1[C@H](O[C@H]2[C@H](OC(CCC(C)[C@H]3C[C@@H](O)C4[C@]5(O)C[C@H](O)C6[C@@H](O)[C@@H](O)CC[C@]6(C)C5CC[C@@]43C)C(C)C)O[C@@H](CO)[C@@H]2O)OC[C@@H](OC)[C@@H]1O. The average molecular weight is 761 g/mol. The second kappa shape index (κ2) is 16.0. The number of hydrogen-bond acceptors (Lipinski definition) is 14. The molecule has 0 radical (unpaired) electrons. The molecular formula is C39H68O14. The molecule has 53 heavy (non-hydrogen) atoms. The largest absolute Gasteiger partial charge is 0.394 e. The van der Waals surface area contributed by atoms with Crippen molar-refractivity contribution in [1.82, 2.24) is 0 Å². The Morgan fingerprint density at radius 1 is 0.792 bits per heavy atom. The molecule has 2 heterocycles. The van der Waals surface area contributed by atoms with Crippen LogP contribution in [0.3, 0.4) is 0 Å². The maximum atomic E-state index is 12.7. The average Bonchev–Trinajstić information content (AvgIpc) is 3.55. The predicted octanol–water partition coefficient (Wildman–Crippen LogP) is 0.702. The number of rotatable bonds is 12. The minimum atomic E-state index is -1.31. The van der Waals surface area contributed by atoms with Crippen LogP contribution in [0.2, 0.25) is 0 Å². The Balaban J connectivity index is 1.14. The van der Waals surface area contributed by atoms with Crippen LogP contribution in [0.5, 0.6) is 0 Å². The molecule has 14 heteroatoms. The van der Waals surface area contributed by atoms with Gasteiger partial charge in [-0.3, -0.25) is 0 Å². The Morgan fingerprint density at radius 2 is 1.49 bits per heavy atom. The first-order valence-corrected chi connectivity index (χ1v) is 20.0. The van der Waals surface area contributed by atoms with Gasteiger partial charge in [0.05, 0.1) is 49.3 Å². The summed E-state index contributed by atoms with van der Waals surface area (Å²) in [4.78, 5) is 0. The molecule has 0 aromatic rings. The summed E-state index contributed by atoms with van der Waals surface area (Å²) in [6, 6.07) is 0. The van der Waals surface area contributed by atoms with Gasteiger partial charge in [-0.1, -0.05) is 34.6 Å². The summed E-state index contributed by atoms with van der Waals surface area (Å²) in [7, 11) is 2.89. The third kappa shape index (κ3) is 7.17. The van der Waals surface area contributed by atoms with E-state index < -0.39 is 103 Å². The molecule has 0 bridgehead atoms. The monoisotopic (exact) mass is 760 g/mol. The molecule has 21 atom stereocenters. The number of aliphatic hydroxyl groups excluding tert-OH is 7. The van der Waals surface area contributed by atoms with E-state index in [-0.39, 0.29) is 48.2 Å². The molecule has 0 spiro atoms. The maximum Gasteiger partial charge on any atom is 0.187 e. The first-order valence-electron chi connectivity index (χ1n) is 20.0. The van der Waals surface area contributed by atoms with E-state index in [0.29, 0.717) is 32.1 Å². The lowest BCUT2D eigenvalue weighted by Gasteiger charge is -2.66. The molecule has 8 N–H and O–H groups in total. The molecule has 2 aliphatic heterocycles. The highest BCUT2D eigenvalue weighted by Crippen LogP contribution is 2.70. The van der Waals surface area contributed by atoms with Crippen molar-refractivity contribution in [3.05, 3.63) is 0 Å². The van der Waals surface area contributed by atoms with Crippen LogP contribution in [0.15, 0.2) is 0 Å². The fraction of sp³-hybridized carbons (Fsp3) is 1.00. The van der Waals surface area contributed by atoms with Crippen LogP contribution < -0.4 is 0 Å². The van der Waals surface area contributed by atoms with Gasteiger partial charge in [0, 0.05) is 32.5 Å². The smallest absolute Gasteiger partial charge is 0.187 e. The van der Waals surface area contributed by atoms with E-state index in [1.165, 1.54) is 14.2 Å². The van der Waals surface area contributed by atoms with Gasteiger partial charge in [-0.25, -0.2) is 0 Å². The molecule has 5 unspecified atom stereocenters. The van der Waals surface area contributed by atoms with Crippen molar-refractivity contribution < 1.29 is 69.3 Å². The second-order valence-electron chi connectivity index (χ2n) is 18.3. The topological polar surface area (TPSA) is 217 Å². The van der Waals surface area contributed by atoms with Gasteiger partial charge in [-0.05, 0) is 79.4 Å². The Bertz CT molecular complexity index is 1230. The molecule has 308 valence electrons. The van der Waals surface area contributed by atoms with Gasteiger partial charge < -0.3 is 69.3 Å². The Morgan fingerprint density at radius 3 is 2.13 bits per heavy atom. The highest BCUT2D eigenvalue weighted by molar-refractivity contribution is 5.21. The standard InChI is InChI=1S/C39H68O14/c1-18(2)24(51-36-33(30(45)25(16-40)52-36)53-35-32(49-7)31(46)26(48-6)17-50-35)9-8-19(3)20-14-22(42)34-37(20,4)13-11-27-38(5)12-10-21(41)29(44)28(38)23(43)15-39(27,34)47/h18-36,40-47H,8-17H2,1-7H3/t19?,20-,21+,22-,23+,24?,25+,26-,27?,28?,29+,30+,31+,32-,33-,34?,35+,36-,37-,38-,39+/m1/s1. The second-order valence-corrected chi connectivity index (χ2v) is 18.3. The Hall–Kier alpha value is -0.560. The maximum absolute atomic E-state index is 12.7. The summed E-state index contributed by atoms with van der Waals surface area (Å²) in [5, 5.41) is 89.2. The molecule has 0 aromatic carbocycles. The van der Waals surface area contributed by atoms with Crippen molar-refractivity contribution in [1.29, 1.82) is 0 Å². The quantitative estimate of drug-likeness (QED) is 0.138. The fourth-order valence-corrected chi connectivity index (χ4v) is 12.5. The first kappa shape index (κ1) is 42.1. The third-order valence-corrected chi connectivity index (χ3v) is 15.2. The Kier molecular flexibility index (Phi) is 12.7. The zero-order chi connectivity index (χ0) is 38.8. The lowest BCUT2D eigenvalue weighted by molar-refractivity contribution is -0.313. The first-order chi connectivity index (χ1) is 25.0. The number of hydrogen-bond donors (Lipinski definition) is 8. The molecular weight excluding hydrogens is 692 g/mol. The summed E-state index contributed by atoms with van der Waals surface area (Å²) in [6.45, 7) is 10.1. The van der Waals surface area contributed by atoms with E-state index in [2.05, 4.69) is 13.8 Å². The molecule has 2 saturated heterocycles. The lowest BCUT2D eigenvalue weighted by Crippen LogP contribution is -2.70. The molecule has 6 rings (SSSR count). The van der Waals surface area contributed by atoms with Crippen molar-refractivity contribution in [2.45, 2.75) is 171 Å². The van der Waals surface area contributed by atoms with Crippen LogP contribution in [0, 0.1) is 46.3 Å².